The van der Waals surface area contributed by atoms with E-state index in [-0.39, 0.29) is 0 Å². The molecule has 0 aliphatic carbocycles. The van der Waals surface area contributed by atoms with E-state index >= 15 is 0 Å². The zero-order valence-corrected chi connectivity index (χ0v) is 8.32. The average molecular weight is 200 g/mol. The molecule has 0 atom stereocenters. The first kappa shape index (κ1) is 10.3. The molecule has 1 aromatic heterocycles. The van der Waals surface area contributed by atoms with Gasteiger partial charge in [-0.25, -0.2) is 4.67 Å². The fraction of sp³-hybridized carbons (Fsp3) is 0.286. The molecule has 0 aliphatic rings. The van der Waals surface area contributed by atoms with Crippen molar-refractivity contribution in [3.05, 3.63) is 30.1 Å². The van der Waals surface area contributed by atoms with Gasteiger partial charge in [0.25, 0.3) is 7.59 Å². The lowest BCUT2D eigenvalue weighted by Crippen LogP contribution is -2.24. The van der Waals surface area contributed by atoms with Gasteiger partial charge in [0.05, 0.1) is 0 Å². The molecule has 1 rings (SSSR count). The summed E-state index contributed by atoms with van der Waals surface area (Å²) in [4.78, 5) is 3.92. The molecule has 1 heterocycles. The fourth-order valence-electron chi connectivity index (χ4n) is 0.866. The number of nitrogens with zero attached hydrogens (tertiary/aromatic N) is 2. The van der Waals surface area contributed by atoms with Gasteiger partial charge >= 0.3 is 0 Å². The van der Waals surface area contributed by atoms with E-state index in [0.717, 1.165) is 5.56 Å². The van der Waals surface area contributed by atoms with Gasteiger partial charge in [-0.1, -0.05) is 6.07 Å². The molecule has 4 N–H and O–H groups in total. The molecule has 13 heavy (non-hydrogen) atoms. The summed E-state index contributed by atoms with van der Waals surface area (Å²) in [5.74, 6) is 0. The van der Waals surface area contributed by atoms with E-state index in [9.17, 15) is 4.57 Å². The van der Waals surface area contributed by atoms with Crippen molar-refractivity contribution in [2.45, 2.75) is 6.54 Å². The molecule has 5 nitrogen and oxygen atoms in total. The summed E-state index contributed by atoms with van der Waals surface area (Å²) in [6.45, 7) is 0.443. The number of pyridine rings is 1. The van der Waals surface area contributed by atoms with Crippen LogP contribution in [0.3, 0.4) is 0 Å². The van der Waals surface area contributed by atoms with E-state index in [1.807, 2.05) is 6.07 Å². The van der Waals surface area contributed by atoms with Crippen molar-refractivity contribution in [3.8, 4) is 0 Å². The Kier molecular flexibility index (Phi) is 3.17. The zero-order valence-electron chi connectivity index (χ0n) is 7.42. The highest BCUT2D eigenvalue weighted by Gasteiger charge is 2.15. The topological polar surface area (TPSA) is 85.2 Å². The number of nitrogens with two attached hydrogens (primary N) is 2. The van der Waals surface area contributed by atoms with Crippen LogP contribution in [0.4, 0.5) is 0 Å². The van der Waals surface area contributed by atoms with Crippen LogP contribution in [0.1, 0.15) is 5.56 Å². The summed E-state index contributed by atoms with van der Waals surface area (Å²) in [5.41, 5.74) is 11.5. The molecule has 0 fully saturated rings. The Morgan fingerprint density at radius 2 is 2.31 bits per heavy atom. The molecule has 0 amide bonds. The lowest BCUT2D eigenvalue weighted by molar-refractivity contribution is 0.465. The van der Waals surface area contributed by atoms with Crippen LogP contribution in [0.25, 0.3) is 0 Å². The summed E-state index contributed by atoms with van der Waals surface area (Å²) in [7, 11) is -1.50. The van der Waals surface area contributed by atoms with Crippen LogP contribution in [0.2, 0.25) is 0 Å². The van der Waals surface area contributed by atoms with E-state index in [2.05, 4.69) is 4.98 Å². The van der Waals surface area contributed by atoms with Gasteiger partial charge in [0.1, 0.15) is 0 Å². The van der Waals surface area contributed by atoms with Gasteiger partial charge < -0.3 is 0 Å². The SMILES string of the molecule is CN(Cc1cccnc1)P(N)(N)=O. The first-order valence-corrected chi connectivity index (χ1v) is 5.57. The highest BCUT2D eigenvalue weighted by atomic mass is 31.2. The van der Waals surface area contributed by atoms with E-state index < -0.39 is 7.59 Å². The third kappa shape index (κ3) is 3.24. The molecule has 6 heteroatoms. The van der Waals surface area contributed by atoms with E-state index in [4.69, 9.17) is 11.0 Å². The molecular formula is C7H13N4OP. The number of rotatable bonds is 3. The predicted octanol–water partition coefficient (Wildman–Crippen LogP) is 0.539. The molecule has 0 spiro atoms. The van der Waals surface area contributed by atoms with Crippen molar-refractivity contribution >= 4 is 7.59 Å². The number of hydrogen-bond donors (Lipinski definition) is 2. The summed E-state index contributed by atoms with van der Waals surface area (Å²) in [5, 5.41) is 0. The monoisotopic (exact) mass is 200 g/mol. The van der Waals surface area contributed by atoms with Crippen molar-refractivity contribution in [3.63, 3.8) is 0 Å². The molecule has 0 radical (unpaired) electrons. The fourth-order valence-corrected chi connectivity index (χ4v) is 1.25. The zero-order chi connectivity index (χ0) is 9.90. The van der Waals surface area contributed by atoms with Gasteiger partial charge in [0.15, 0.2) is 0 Å². The van der Waals surface area contributed by atoms with E-state index in [1.165, 1.54) is 4.67 Å². The van der Waals surface area contributed by atoms with Crippen molar-refractivity contribution < 1.29 is 4.57 Å². The Hall–Kier alpha value is -0.740. The molecule has 0 saturated carbocycles. The molecule has 0 aliphatic heterocycles. The average Bonchev–Trinajstić information content (AvgIpc) is 2.04. The minimum absolute atomic E-state index is 0.443. The summed E-state index contributed by atoms with van der Waals surface area (Å²) >= 11 is 0. The highest BCUT2D eigenvalue weighted by Crippen LogP contribution is 2.30. The lowest BCUT2D eigenvalue weighted by atomic mass is 10.3. The van der Waals surface area contributed by atoms with Crippen molar-refractivity contribution in [1.29, 1.82) is 0 Å². The minimum Gasteiger partial charge on any atom is -0.271 e. The molecule has 0 aromatic carbocycles. The number of aromatic nitrogens is 1. The Labute approximate surface area is 77.3 Å². The second-order valence-electron chi connectivity index (χ2n) is 2.85. The Bertz CT molecular complexity index is 310. The van der Waals surface area contributed by atoms with Crippen molar-refractivity contribution in [1.82, 2.24) is 9.65 Å². The van der Waals surface area contributed by atoms with Gasteiger partial charge in [-0.2, -0.15) is 0 Å². The van der Waals surface area contributed by atoms with Gasteiger partial charge in [0.2, 0.25) is 0 Å². The molecule has 0 bridgehead atoms. The molecule has 0 unspecified atom stereocenters. The first-order chi connectivity index (χ1) is 6.00. The summed E-state index contributed by atoms with van der Waals surface area (Å²) in [6, 6.07) is 3.68. The van der Waals surface area contributed by atoms with Crippen LogP contribution in [0, 0.1) is 0 Å². The van der Waals surface area contributed by atoms with Crippen LogP contribution < -0.4 is 11.0 Å². The predicted molar refractivity (Wildman–Crippen MR) is 51.7 cm³/mol. The first-order valence-electron chi connectivity index (χ1n) is 3.78. The van der Waals surface area contributed by atoms with Crippen LogP contribution in [0.15, 0.2) is 24.5 Å². The number of hydrogen-bond acceptors (Lipinski definition) is 2. The summed E-state index contributed by atoms with van der Waals surface area (Å²) < 4.78 is 12.6. The molecule has 72 valence electrons. The maximum atomic E-state index is 11.2. The quantitative estimate of drug-likeness (QED) is 0.695. The standard InChI is InChI=1S/C7H13N4OP/c1-11(13(8,9)12)6-7-3-2-4-10-5-7/h2-5H,6H2,1H3,(H4,8,9,12). The normalized spacial score (nSPS) is 12.0. The Balaban J connectivity index is 2.66. The second-order valence-corrected chi connectivity index (χ2v) is 4.88. The van der Waals surface area contributed by atoms with Gasteiger partial charge in [-0.3, -0.25) is 20.6 Å². The van der Waals surface area contributed by atoms with Gasteiger partial charge in [-0.05, 0) is 18.7 Å². The molecule has 0 saturated heterocycles. The van der Waals surface area contributed by atoms with Crippen molar-refractivity contribution in [2.24, 2.45) is 11.0 Å². The molecule has 1 aromatic rings. The third-order valence-corrected chi connectivity index (χ3v) is 2.88. The van der Waals surface area contributed by atoms with Crippen LogP contribution in [-0.4, -0.2) is 16.7 Å². The van der Waals surface area contributed by atoms with E-state index in [0.29, 0.717) is 6.54 Å². The largest absolute Gasteiger partial charge is 0.276 e. The third-order valence-electron chi connectivity index (χ3n) is 1.67. The second kappa shape index (κ2) is 3.98. The molecular weight excluding hydrogens is 187 g/mol. The Morgan fingerprint density at radius 3 is 2.77 bits per heavy atom. The van der Waals surface area contributed by atoms with Crippen molar-refractivity contribution in [2.75, 3.05) is 7.05 Å². The maximum absolute atomic E-state index is 11.2. The van der Waals surface area contributed by atoms with Crippen LogP contribution >= 0.6 is 7.59 Å². The summed E-state index contributed by atoms with van der Waals surface area (Å²) in [6.07, 6.45) is 3.36. The van der Waals surface area contributed by atoms with Crippen LogP contribution in [-0.2, 0) is 11.1 Å². The minimum atomic E-state index is -3.12. The smallest absolute Gasteiger partial charge is 0.271 e. The Morgan fingerprint density at radius 1 is 1.62 bits per heavy atom. The van der Waals surface area contributed by atoms with E-state index in [1.54, 1.807) is 25.5 Å². The van der Waals surface area contributed by atoms with Gasteiger partial charge in [-0.15, -0.1) is 0 Å². The van der Waals surface area contributed by atoms with Crippen LogP contribution in [0.5, 0.6) is 0 Å². The maximum Gasteiger partial charge on any atom is 0.276 e. The highest BCUT2D eigenvalue weighted by molar-refractivity contribution is 7.56. The lowest BCUT2D eigenvalue weighted by Gasteiger charge is -2.19. The van der Waals surface area contributed by atoms with Gasteiger partial charge in [0, 0.05) is 18.9 Å².